The average molecular weight is 1280 g/mol. The second-order valence-electron chi connectivity index (χ2n) is 19.2. The van der Waals surface area contributed by atoms with Crippen LogP contribution in [0, 0.1) is 0 Å². The maximum Gasteiger partial charge on any atom is 0.397 e. The van der Waals surface area contributed by atoms with Gasteiger partial charge in [-0.2, -0.15) is 25.3 Å². The first-order valence-corrected chi connectivity index (χ1v) is 28.3. The number of carbonyl (C=O) groups is 4. The number of amides is 3. The third-order valence-corrected chi connectivity index (χ3v) is 14.4. The van der Waals surface area contributed by atoms with E-state index in [1.807, 2.05) is 0 Å². The number of hydrogen-bond donors (Lipinski definition) is 19. The lowest BCUT2D eigenvalue weighted by Crippen LogP contribution is -2.70. The summed E-state index contributed by atoms with van der Waals surface area (Å²) >= 11 is 0. The van der Waals surface area contributed by atoms with Gasteiger partial charge < -0.3 is 125 Å². The Bertz CT molecular complexity index is 2560. The average Bonchev–Trinajstić information content (AvgIpc) is 3.58. The van der Waals surface area contributed by atoms with Gasteiger partial charge in [0.2, 0.25) is 17.7 Å². The summed E-state index contributed by atoms with van der Waals surface area (Å²) in [5, 5.41) is 149. The summed E-state index contributed by atoms with van der Waals surface area (Å²) in [6.45, 7) is -3.96. The van der Waals surface area contributed by atoms with E-state index in [9.17, 15) is 124 Å². The lowest BCUT2D eigenvalue weighted by atomic mass is 9.88. The molecule has 3 amide bonds. The van der Waals surface area contributed by atoms with Crippen LogP contribution in [0.15, 0.2) is 0 Å². The van der Waals surface area contributed by atoms with E-state index in [0.29, 0.717) is 0 Å². The highest BCUT2D eigenvalue weighted by Gasteiger charge is 2.59. The molecular formula is C39H65N3O38S3. The first-order valence-electron chi connectivity index (χ1n) is 24.2. The quantitative estimate of drug-likeness (QED) is 0.0377. The second kappa shape index (κ2) is 28.7. The van der Waals surface area contributed by atoms with Gasteiger partial charge in [-0.15, -0.1) is 0 Å². The topological polar surface area (TPSA) is 641 Å². The molecule has 0 bridgehead atoms. The third-order valence-electron chi connectivity index (χ3n) is 13.1. The minimum absolute atomic E-state index is 0.815. The van der Waals surface area contributed by atoms with Gasteiger partial charge in [-0.1, -0.05) is 0 Å². The largest absolute Gasteiger partial charge is 0.477 e. The van der Waals surface area contributed by atoms with Gasteiger partial charge >= 0.3 is 37.2 Å². The van der Waals surface area contributed by atoms with Crippen LogP contribution in [0.25, 0.3) is 0 Å². The zero-order valence-electron chi connectivity index (χ0n) is 43.0. The van der Waals surface area contributed by atoms with Gasteiger partial charge in [-0.3, -0.25) is 28.0 Å². The van der Waals surface area contributed by atoms with E-state index in [0.717, 1.165) is 20.8 Å². The summed E-state index contributed by atoms with van der Waals surface area (Å²) in [5.74, 6) is -8.02. The van der Waals surface area contributed by atoms with Crippen molar-refractivity contribution in [3.8, 4) is 0 Å². The molecule has 0 aliphatic carbocycles. The van der Waals surface area contributed by atoms with E-state index in [-0.39, 0.29) is 0 Å². The predicted molar refractivity (Wildman–Crippen MR) is 250 cm³/mol. The number of aliphatic hydroxyl groups is 12. The number of hydrogen-bond acceptors (Lipinski definition) is 34. The Kier molecular flexibility index (Phi) is 24.3. The van der Waals surface area contributed by atoms with Crippen LogP contribution in [0.4, 0.5) is 0 Å². The normalized spacial score (nSPS) is 40.8. The van der Waals surface area contributed by atoms with Gasteiger partial charge in [0.15, 0.2) is 25.2 Å². The Labute approximate surface area is 468 Å². The second-order valence-corrected chi connectivity index (χ2v) is 22.5. The molecule has 0 aromatic rings. The first kappa shape index (κ1) is 70.4. The molecule has 44 heteroatoms. The molecule has 482 valence electrons. The highest BCUT2D eigenvalue weighted by atomic mass is 32.3. The summed E-state index contributed by atoms with van der Waals surface area (Å²) in [6.07, 6.45) is -51.4. The van der Waals surface area contributed by atoms with Crippen LogP contribution < -0.4 is 16.0 Å². The molecule has 0 radical (unpaired) electrons. The van der Waals surface area contributed by atoms with Crippen molar-refractivity contribution >= 4 is 54.9 Å². The van der Waals surface area contributed by atoms with E-state index in [2.05, 4.69) is 28.5 Å². The Hall–Kier alpha value is -3.35. The third kappa shape index (κ3) is 18.4. The number of aliphatic carboxylic acids is 1. The molecule has 0 saturated carbocycles. The predicted octanol–water partition coefficient (Wildman–Crippen LogP) is -12.8. The summed E-state index contributed by atoms with van der Waals surface area (Å²) in [6, 6.07) is -5.69. The summed E-state index contributed by atoms with van der Waals surface area (Å²) in [7, 11) is -16.3. The number of carboxylic acids is 1. The van der Waals surface area contributed by atoms with Crippen LogP contribution in [0.3, 0.4) is 0 Å². The van der Waals surface area contributed by atoms with E-state index < -0.39 is 253 Å². The summed E-state index contributed by atoms with van der Waals surface area (Å²) in [4.78, 5) is 49.5. The molecule has 0 aromatic heterocycles. The Morgan fingerprint density at radius 1 is 0.530 bits per heavy atom. The van der Waals surface area contributed by atoms with E-state index >= 15 is 0 Å². The number of nitrogens with one attached hydrogen (secondary N) is 3. The molecule has 19 N–H and O–H groups in total. The fourth-order valence-corrected chi connectivity index (χ4v) is 10.2. The number of rotatable bonds is 25. The maximum absolute atomic E-state index is 12.8. The summed E-state index contributed by atoms with van der Waals surface area (Å²) < 4.78 is 162. The van der Waals surface area contributed by atoms with Crippen LogP contribution in [0.5, 0.6) is 0 Å². The molecule has 83 heavy (non-hydrogen) atoms. The molecule has 0 spiro atoms. The molecule has 5 heterocycles. The van der Waals surface area contributed by atoms with E-state index in [1.54, 1.807) is 0 Å². The number of aliphatic hydroxyl groups excluding tert-OH is 12. The van der Waals surface area contributed by atoms with Crippen LogP contribution in [-0.2, 0) is 106 Å². The monoisotopic (exact) mass is 1280 g/mol. The molecule has 5 rings (SSSR count). The van der Waals surface area contributed by atoms with Gasteiger partial charge in [-0.05, 0) is 0 Å². The Balaban J connectivity index is 1.48. The number of carbonyl (C=O) groups excluding carboxylic acids is 3. The van der Waals surface area contributed by atoms with Gasteiger partial charge in [0.25, 0.3) is 5.79 Å². The zero-order chi connectivity index (χ0) is 62.6. The highest BCUT2D eigenvalue weighted by Crippen LogP contribution is 2.38. The van der Waals surface area contributed by atoms with Crippen molar-refractivity contribution in [1.82, 2.24) is 16.0 Å². The number of ether oxygens (including phenoxy) is 9. The number of carboxylic acid groups (broad SMARTS) is 1. The lowest BCUT2D eigenvalue weighted by molar-refractivity contribution is -0.378. The molecular weight excluding hydrogens is 1210 g/mol. The van der Waals surface area contributed by atoms with Gasteiger partial charge in [0, 0.05) is 27.2 Å². The fraction of sp³-hybridized carbons (Fsp3) is 0.897. The summed E-state index contributed by atoms with van der Waals surface area (Å²) in [5.41, 5.74) is 0. The van der Waals surface area contributed by atoms with Crippen molar-refractivity contribution < 1.29 is 180 Å². The lowest BCUT2D eigenvalue weighted by Gasteiger charge is -2.50. The molecule has 0 aromatic carbocycles. The van der Waals surface area contributed by atoms with Gasteiger partial charge in [-0.25, -0.2) is 17.3 Å². The van der Waals surface area contributed by atoms with Gasteiger partial charge in [0.1, 0.15) is 116 Å². The van der Waals surface area contributed by atoms with Crippen LogP contribution >= 0.6 is 0 Å². The molecule has 5 aliphatic heterocycles. The van der Waals surface area contributed by atoms with Crippen LogP contribution in [-0.4, -0.2) is 321 Å². The van der Waals surface area contributed by atoms with Crippen molar-refractivity contribution in [3.05, 3.63) is 0 Å². The SMILES string of the molecule is CC(=O)N[C@H]1[C@H](O[C@H]2[C@@H](O)[C@@H](COS(=O)(=O)O)O[C@@H](O[C@H]3[C@H](O)[C@@H](NC(C)=O)C(O)O[C@@H]3COS(=O)(=O)O)[C@@H]2O)O[C@H](COS(=O)(=O)O)[C@@H](O[C@@H]2O[C@H](CO[C@]3(C(=O)O)C[C@H](O)[C@@H](NC(C)=O)[C@H]([C@H](O)[C@H](O)CO)O3)[C@H](O)[C@H](O)[C@H]2O)[C@@H]1O. The molecule has 5 aliphatic rings. The van der Waals surface area contributed by atoms with Crippen molar-refractivity contribution in [1.29, 1.82) is 0 Å². The highest BCUT2D eigenvalue weighted by molar-refractivity contribution is 7.81. The molecule has 41 nitrogen and oxygen atoms in total. The smallest absolute Gasteiger partial charge is 0.397 e. The zero-order valence-corrected chi connectivity index (χ0v) is 45.5. The van der Waals surface area contributed by atoms with Crippen molar-refractivity contribution in [2.75, 3.05) is 33.0 Å². The Morgan fingerprint density at radius 3 is 1.43 bits per heavy atom. The van der Waals surface area contributed by atoms with Crippen molar-refractivity contribution in [2.24, 2.45) is 0 Å². The standard InChI is InChI=1S/C39H65N3O38S3/c1-10(44)40-19-13(47)4-39(38(58)59,80-32(19)22(49)14(48)5-43)69-6-15-23(50)27(54)28(55)36(74-15)77-31-18(9-72-83(66,67)68)76-35(21(26(31)53)42-12(3)46)79-33-24(51)16(7-70-81(60,61)62)75-37(29(33)56)78-30-17(8-71-82(63,64)65)73-34(57)20(25(30)52)41-11(2)45/h13-37,43,47-57H,4-9H2,1-3H3,(H,40,44)(H,41,45)(H,42,46)(H,58,59)(H,60,61,62)(H,63,64,65)(H,66,67,68)/t13-,14+,15+,16+,17+,18+,19+,20+,21+,22+,23-,24-,25+,26+,27-,28+,29+,30+,31+,32+,33-,34?,35-,36-,37-,39+/m0/s1. The minimum atomic E-state index is -5.53. The molecule has 5 fully saturated rings. The molecule has 26 atom stereocenters. The van der Waals surface area contributed by atoms with Crippen molar-refractivity contribution in [2.45, 2.75) is 186 Å². The fourth-order valence-electron chi connectivity index (χ4n) is 9.25. The van der Waals surface area contributed by atoms with E-state index in [4.69, 9.17) is 42.6 Å². The van der Waals surface area contributed by atoms with E-state index in [1.165, 1.54) is 0 Å². The first-order chi connectivity index (χ1) is 38.3. The molecule has 1 unspecified atom stereocenters. The minimum Gasteiger partial charge on any atom is -0.477 e. The Morgan fingerprint density at radius 2 is 0.952 bits per heavy atom. The maximum atomic E-state index is 12.8. The van der Waals surface area contributed by atoms with Crippen LogP contribution in [0.2, 0.25) is 0 Å². The van der Waals surface area contributed by atoms with Gasteiger partial charge in [0.05, 0.1) is 45.2 Å². The van der Waals surface area contributed by atoms with Crippen LogP contribution in [0.1, 0.15) is 27.2 Å². The molecule has 5 saturated heterocycles. The van der Waals surface area contributed by atoms with Crippen molar-refractivity contribution in [3.63, 3.8) is 0 Å².